The topological polar surface area (TPSA) is 54.6 Å². The molecule has 1 atom stereocenters. The van der Waals surface area contributed by atoms with Crippen LogP contribution in [-0.4, -0.2) is 49.2 Å². The number of rotatable bonds is 5. The molecule has 0 radical (unpaired) electrons. The molecule has 5 nitrogen and oxygen atoms in total. The summed E-state index contributed by atoms with van der Waals surface area (Å²) in [4.78, 5) is 17.9. The van der Waals surface area contributed by atoms with Gasteiger partial charge in [0.05, 0.1) is 30.9 Å². The molecule has 1 N–H and O–H groups in total. The van der Waals surface area contributed by atoms with E-state index in [0.29, 0.717) is 37.6 Å². The van der Waals surface area contributed by atoms with E-state index in [1.807, 2.05) is 12.1 Å². The molecule has 9 heteroatoms. The zero-order valence-electron chi connectivity index (χ0n) is 17.3. The van der Waals surface area contributed by atoms with E-state index >= 15 is 0 Å². The number of benzene rings is 2. The van der Waals surface area contributed by atoms with Crippen molar-refractivity contribution >= 4 is 28.4 Å². The van der Waals surface area contributed by atoms with E-state index in [9.17, 15) is 18.0 Å². The third kappa shape index (κ3) is 4.56. The maximum absolute atomic E-state index is 13.5. The van der Waals surface area contributed by atoms with E-state index in [-0.39, 0.29) is 17.4 Å². The largest absolute Gasteiger partial charge is 0.497 e. The average molecular weight is 467 g/mol. The molecule has 2 aromatic carbocycles. The summed E-state index contributed by atoms with van der Waals surface area (Å²) in [5.74, 6) is -0.132. The Kier molecular flexibility index (Phi) is 6.35. The van der Waals surface area contributed by atoms with Crippen molar-refractivity contribution < 1.29 is 27.4 Å². The molecule has 0 unspecified atom stereocenters. The second-order valence-corrected chi connectivity index (χ2v) is 8.05. The minimum atomic E-state index is -4.60. The van der Waals surface area contributed by atoms with Crippen LogP contribution in [0, 0.1) is 0 Å². The highest BCUT2D eigenvalue weighted by molar-refractivity contribution is 6.31. The molecular formula is C23H22ClF3N2O3. The first kappa shape index (κ1) is 22.5. The number of nitrogens with one attached hydrogen (secondary N) is 1. The van der Waals surface area contributed by atoms with Crippen LogP contribution in [0.1, 0.15) is 29.0 Å². The molecule has 32 heavy (non-hydrogen) atoms. The number of hydrogen-bond donors (Lipinski definition) is 1. The summed E-state index contributed by atoms with van der Waals surface area (Å²) in [5.41, 5.74) is 0.968. The van der Waals surface area contributed by atoms with Gasteiger partial charge in [0.15, 0.2) is 0 Å². The Morgan fingerprint density at radius 3 is 2.66 bits per heavy atom. The fraction of sp³-hybridized carbons (Fsp3) is 0.348. The molecule has 3 aromatic rings. The van der Waals surface area contributed by atoms with Gasteiger partial charge in [-0.2, -0.15) is 13.2 Å². The van der Waals surface area contributed by atoms with Crippen molar-refractivity contribution in [3.05, 3.63) is 64.3 Å². The smallest absolute Gasteiger partial charge is 0.417 e. The van der Waals surface area contributed by atoms with E-state index in [0.717, 1.165) is 22.5 Å². The summed E-state index contributed by atoms with van der Waals surface area (Å²) in [6.07, 6.45) is -2.85. The average Bonchev–Trinajstić information content (AvgIpc) is 3.20. The van der Waals surface area contributed by atoms with E-state index in [1.165, 1.54) is 6.07 Å². The number of fused-ring (bicyclic) bond motifs is 1. The summed E-state index contributed by atoms with van der Waals surface area (Å²) >= 11 is 5.84. The number of ether oxygens (including phenoxy) is 2. The number of nitrogens with zero attached hydrogens (tertiary/aromatic N) is 1. The fourth-order valence-electron chi connectivity index (χ4n) is 4.04. The molecule has 0 saturated carbocycles. The highest BCUT2D eigenvalue weighted by Gasteiger charge is 2.35. The molecule has 1 fully saturated rings. The van der Waals surface area contributed by atoms with E-state index in [2.05, 4.69) is 4.98 Å². The van der Waals surface area contributed by atoms with Crippen LogP contribution in [0.3, 0.4) is 0 Å². The third-order valence-corrected chi connectivity index (χ3v) is 6.07. The molecule has 4 rings (SSSR count). The first-order chi connectivity index (χ1) is 15.3. The lowest BCUT2D eigenvalue weighted by molar-refractivity contribution is -0.137. The van der Waals surface area contributed by atoms with Crippen LogP contribution in [0.2, 0.25) is 5.02 Å². The summed E-state index contributed by atoms with van der Waals surface area (Å²) in [6, 6.07) is 9.27. The van der Waals surface area contributed by atoms with Gasteiger partial charge in [-0.15, -0.1) is 0 Å². The second-order valence-electron chi connectivity index (χ2n) is 7.64. The fourth-order valence-corrected chi connectivity index (χ4v) is 4.26. The lowest BCUT2D eigenvalue weighted by Gasteiger charge is -2.29. The molecule has 1 amide bonds. The Morgan fingerprint density at radius 2 is 1.97 bits per heavy atom. The molecule has 1 saturated heterocycles. The third-order valence-electron chi connectivity index (χ3n) is 5.74. The number of amides is 1. The van der Waals surface area contributed by atoms with Gasteiger partial charge in [-0.1, -0.05) is 17.7 Å². The van der Waals surface area contributed by atoms with Gasteiger partial charge in [0.2, 0.25) is 5.91 Å². The Labute approximate surface area is 188 Å². The number of methoxy groups -OCH3 is 1. The van der Waals surface area contributed by atoms with Crippen molar-refractivity contribution in [2.75, 3.05) is 33.4 Å². The van der Waals surface area contributed by atoms with Crippen LogP contribution in [-0.2, 0) is 15.7 Å². The highest BCUT2D eigenvalue weighted by Crippen LogP contribution is 2.40. The van der Waals surface area contributed by atoms with Gasteiger partial charge in [0.1, 0.15) is 5.75 Å². The molecule has 0 aliphatic carbocycles. The van der Waals surface area contributed by atoms with Gasteiger partial charge in [0.25, 0.3) is 0 Å². The quantitative estimate of drug-likeness (QED) is 0.560. The molecule has 0 bridgehead atoms. The maximum atomic E-state index is 13.5. The molecule has 1 aromatic heterocycles. The van der Waals surface area contributed by atoms with Gasteiger partial charge in [0, 0.05) is 42.5 Å². The number of carbonyl (C=O) groups is 1. The monoisotopic (exact) mass is 466 g/mol. The van der Waals surface area contributed by atoms with Crippen LogP contribution >= 0.6 is 11.6 Å². The molecular weight excluding hydrogens is 445 g/mol. The standard InChI is InChI=1S/C23H22ClF3N2O3/c1-31-15-3-5-21-17(11-15)18(13-28-21)16(12-22(30)29-6-8-32-9-7-29)14-2-4-20(24)19(10-14)23(25,26)27/h2-5,10-11,13,16,28H,6-9,12H2,1H3/t16-/m1/s1. The molecule has 1 aliphatic rings. The first-order valence-electron chi connectivity index (χ1n) is 10.1. The van der Waals surface area contributed by atoms with Crippen LogP contribution in [0.5, 0.6) is 5.75 Å². The SMILES string of the molecule is COc1ccc2[nH]cc([C@H](CC(=O)N3CCOCC3)c3ccc(Cl)c(C(F)(F)F)c3)c2c1. The molecule has 2 heterocycles. The Bertz CT molecular complexity index is 1120. The summed E-state index contributed by atoms with van der Waals surface area (Å²) < 4.78 is 51.3. The van der Waals surface area contributed by atoms with Crippen molar-refractivity contribution in [2.45, 2.75) is 18.5 Å². The number of H-pyrrole nitrogens is 1. The predicted octanol–water partition coefficient (Wildman–Crippen LogP) is 5.23. The highest BCUT2D eigenvalue weighted by atomic mass is 35.5. The number of hydrogen-bond acceptors (Lipinski definition) is 3. The van der Waals surface area contributed by atoms with Crippen LogP contribution in [0.4, 0.5) is 13.2 Å². The number of aromatic nitrogens is 1. The van der Waals surface area contributed by atoms with Crippen LogP contribution in [0.15, 0.2) is 42.6 Å². The lowest BCUT2D eigenvalue weighted by Crippen LogP contribution is -2.41. The first-order valence-corrected chi connectivity index (χ1v) is 10.5. The molecule has 170 valence electrons. The minimum absolute atomic E-state index is 0.0170. The van der Waals surface area contributed by atoms with Gasteiger partial charge in [-0.3, -0.25) is 4.79 Å². The zero-order chi connectivity index (χ0) is 22.9. The normalized spacial score (nSPS) is 15.7. The van der Waals surface area contributed by atoms with Crippen molar-refractivity contribution in [2.24, 2.45) is 0 Å². The lowest BCUT2D eigenvalue weighted by atomic mass is 9.86. The van der Waals surface area contributed by atoms with E-state index < -0.39 is 17.7 Å². The van der Waals surface area contributed by atoms with E-state index in [4.69, 9.17) is 21.1 Å². The van der Waals surface area contributed by atoms with Gasteiger partial charge >= 0.3 is 6.18 Å². The van der Waals surface area contributed by atoms with Gasteiger partial charge in [-0.05, 0) is 41.5 Å². The number of halogens is 4. The second kappa shape index (κ2) is 9.03. The number of morpholine rings is 1. The Hall–Kier alpha value is -2.71. The van der Waals surface area contributed by atoms with Crippen LogP contribution in [0.25, 0.3) is 10.9 Å². The van der Waals surface area contributed by atoms with Gasteiger partial charge < -0.3 is 19.4 Å². The van der Waals surface area contributed by atoms with E-state index in [1.54, 1.807) is 30.3 Å². The summed E-state index contributed by atoms with van der Waals surface area (Å²) in [5, 5.41) is 0.410. The number of aromatic amines is 1. The Morgan fingerprint density at radius 1 is 1.22 bits per heavy atom. The zero-order valence-corrected chi connectivity index (χ0v) is 18.1. The minimum Gasteiger partial charge on any atom is -0.497 e. The predicted molar refractivity (Wildman–Crippen MR) is 115 cm³/mol. The number of alkyl halides is 3. The van der Waals surface area contributed by atoms with Crippen molar-refractivity contribution in [3.63, 3.8) is 0 Å². The summed E-state index contributed by atoms with van der Waals surface area (Å²) in [6.45, 7) is 1.81. The Balaban J connectivity index is 1.80. The van der Waals surface area contributed by atoms with Gasteiger partial charge in [-0.25, -0.2) is 0 Å². The van der Waals surface area contributed by atoms with Crippen molar-refractivity contribution in [3.8, 4) is 5.75 Å². The van der Waals surface area contributed by atoms with Crippen molar-refractivity contribution in [1.82, 2.24) is 9.88 Å². The number of carbonyl (C=O) groups excluding carboxylic acids is 1. The maximum Gasteiger partial charge on any atom is 0.417 e. The summed E-state index contributed by atoms with van der Waals surface area (Å²) in [7, 11) is 1.54. The van der Waals surface area contributed by atoms with Crippen molar-refractivity contribution in [1.29, 1.82) is 0 Å². The van der Waals surface area contributed by atoms with Crippen LogP contribution < -0.4 is 4.74 Å². The molecule has 1 aliphatic heterocycles. The molecule has 0 spiro atoms.